The first-order chi connectivity index (χ1) is 8.81. The first-order valence-electron chi connectivity index (χ1n) is 6.30. The van der Waals surface area contributed by atoms with E-state index in [4.69, 9.17) is 0 Å². The summed E-state index contributed by atoms with van der Waals surface area (Å²) < 4.78 is 0. The lowest BCUT2D eigenvalue weighted by Crippen LogP contribution is -2.19. The molecule has 1 aromatic carbocycles. The van der Waals surface area contributed by atoms with E-state index >= 15 is 0 Å². The zero-order chi connectivity index (χ0) is 12.4. The maximum absolute atomic E-state index is 9.57. The molecule has 0 saturated heterocycles. The third kappa shape index (κ3) is 2.07. The second-order valence-electron chi connectivity index (χ2n) is 5.15. The zero-order valence-corrected chi connectivity index (χ0v) is 11.0. The maximum atomic E-state index is 9.57. The monoisotopic (exact) mass is 253 g/mol. The minimum Gasteiger partial charge on any atom is -0.198 e. The van der Waals surface area contributed by atoms with Gasteiger partial charge in [0, 0.05) is 0 Å². The zero-order valence-electron chi connectivity index (χ0n) is 10.2. The third-order valence-corrected chi connectivity index (χ3v) is 4.62. The molecule has 0 fully saturated rings. The number of fused-ring (bicyclic) bond motifs is 1. The molecule has 2 aromatic rings. The van der Waals surface area contributed by atoms with Gasteiger partial charge >= 0.3 is 0 Å². The average Bonchev–Trinajstić information content (AvgIpc) is 3.03. The van der Waals surface area contributed by atoms with E-state index in [-0.39, 0.29) is 5.41 Å². The molecule has 3 rings (SSSR count). The highest BCUT2D eigenvalue weighted by molar-refractivity contribution is 7.07. The van der Waals surface area contributed by atoms with Crippen LogP contribution in [0.3, 0.4) is 0 Å². The van der Waals surface area contributed by atoms with Gasteiger partial charge in [-0.2, -0.15) is 16.6 Å². The minimum atomic E-state index is -0.175. The Morgan fingerprint density at radius 2 is 1.89 bits per heavy atom. The number of hydrogen-bond acceptors (Lipinski definition) is 2. The number of aryl methyl sites for hydroxylation is 1. The predicted octanol–water partition coefficient (Wildman–Crippen LogP) is 3.99. The lowest BCUT2D eigenvalue weighted by molar-refractivity contribution is 0.386. The molecule has 0 N–H and O–H groups in total. The summed E-state index contributed by atoms with van der Waals surface area (Å²) in [4.78, 5) is 0. The first kappa shape index (κ1) is 11.5. The number of benzene rings is 1. The first-order valence-corrected chi connectivity index (χ1v) is 7.25. The second kappa shape index (κ2) is 4.59. The summed E-state index contributed by atoms with van der Waals surface area (Å²) >= 11 is 1.73. The van der Waals surface area contributed by atoms with Gasteiger partial charge in [0.15, 0.2) is 0 Å². The van der Waals surface area contributed by atoms with Crippen molar-refractivity contribution < 1.29 is 0 Å². The molecule has 0 spiro atoms. The molecule has 1 aliphatic carbocycles. The Hall–Kier alpha value is -1.59. The quantitative estimate of drug-likeness (QED) is 0.811. The summed E-state index contributed by atoms with van der Waals surface area (Å²) in [6.07, 6.45) is 3.83. The molecule has 1 aliphatic rings. The highest BCUT2D eigenvalue weighted by atomic mass is 32.1. The molecule has 1 nitrogen and oxygen atoms in total. The Labute approximate surface area is 112 Å². The molecule has 1 aromatic heterocycles. The van der Waals surface area contributed by atoms with Crippen molar-refractivity contribution in [3.05, 3.63) is 57.8 Å². The van der Waals surface area contributed by atoms with Crippen LogP contribution in [0, 0.1) is 16.7 Å². The van der Waals surface area contributed by atoms with Crippen LogP contribution in [-0.2, 0) is 19.3 Å². The normalized spacial score (nSPS) is 16.2. The van der Waals surface area contributed by atoms with Gasteiger partial charge in [0.05, 0.1) is 11.5 Å². The van der Waals surface area contributed by atoms with Crippen molar-refractivity contribution in [2.45, 2.75) is 25.7 Å². The fourth-order valence-corrected chi connectivity index (χ4v) is 3.53. The van der Waals surface area contributed by atoms with E-state index in [1.165, 1.54) is 16.7 Å². The van der Waals surface area contributed by atoms with E-state index in [0.29, 0.717) is 0 Å². The molecule has 2 heteroatoms. The smallest absolute Gasteiger partial charge is 0.0696 e. The van der Waals surface area contributed by atoms with E-state index in [0.717, 1.165) is 25.7 Å². The third-order valence-electron chi connectivity index (χ3n) is 3.89. The van der Waals surface area contributed by atoms with Crippen molar-refractivity contribution in [1.29, 1.82) is 5.26 Å². The molecule has 0 amide bonds. The lowest BCUT2D eigenvalue weighted by atomic mass is 9.81. The number of rotatable bonds is 3. The molecule has 0 atom stereocenters. The van der Waals surface area contributed by atoms with Crippen molar-refractivity contribution in [2.24, 2.45) is 5.41 Å². The van der Waals surface area contributed by atoms with Gasteiger partial charge in [-0.25, -0.2) is 0 Å². The summed E-state index contributed by atoms with van der Waals surface area (Å²) in [5.74, 6) is 0. The number of nitriles is 1. The van der Waals surface area contributed by atoms with Gasteiger partial charge in [-0.05, 0) is 59.2 Å². The molecule has 0 bridgehead atoms. The predicted molar refractivity (Wildman–Crippen MR) is 74.5 cm³/mol. The van der Waals surface area contributed by atoms with E-state index in [1.54, 1.807) is 11.3 Å². The highest BCUT2D eigenvalue weighted by Crippen LogP contribution is 2.40. The topological polar surface area (TPSA) is 23.8 Å². The van der Waals surface area contributed by atoms with Crippen molar-refractivity contribution in [2.75, 3.05) is 0 Å². The van der Waals surface area contributed by atoms with Gasteiger partial charge in [0.25, 0.3) is 0 Å². The summed E-state index contributed by atoms with van der Waals surface area (Å²) in [6, 6.07) is 13.2. The standard InChI is InChI=1S/C16H15NS/c17-12-16(7-5-13-6-8-18-11-13)9-14-3-1-2-4-15(14)10-16/h1-4,6,8,11H,5,7,9-10H2. The van der Waals surface area contributed by atoms with Gasteiger partial charge in [0.1, 0.15) is 0 Å². The molecular formula is C16H15NS. The van der Waals surface area contributed by atoms with E-state index < -0.39 is 0 Å². The Morgan fingerprint density at radius 3 is 2.44 bits per heavy atom. The Morgan fingerprint density at radius 1 is 1.17 bits per heavy atom. The molecule has 90 valence electrons. The van der Waals surface area contributed by atoms with E-state index in [1.807, 2.05) is 0 Å². The molecule has 1 heterocycles. The molecule has 0 unspecified atom stereocenters. The van der Waals surface area contributed by atoms with E-state index in [2.05, 4.69) is 47.2 Å². The van der Waals surface area contributed by atoms with Gasteiger partial charge in [-0.1, -0.05) is 24.3 Å². The minimum absolute atomic E-state index is 0.175. The van der Waals surface area contributed by atoms with Crippen LogP contribution in [0.1, 0.15) is 23.1 Å². The summed E-state index contributed by atoms with van der Waals surface area (Å²) in [5.41, 5.74) is 3.92. The largest absolute Gasteiger partial charge is 0.198 e. The van der Waals surface area contributed by atoms with Crippen LogP contribution in [-0.4, -0.2) is 0 Å². The van der Waals surface area contributed by atoms with Crippen LogP contribution in [0.2, 0.25) is 0 Å². The van der Waals surface area contributed by atoms with Crippen LogP contribution >= 0.6 is 11.3 Å². The molecule has 0 radical (unpaired) electrons. The Balaban J connectivity index is 1.76. The number of nitrogens with zero attached hydrogens (tertiary/aromatic N) is 1. The molecule has 0 aliphatic heterocycles. The lowest BCUT2D eigenvalue weighted by Gasteiger charge is -2.19. The fourth-order valence-electron chi connectivity index (χ4n) is 2.82. The highest BCUT2D eigenvalue weighted by Gasteiger charge is 2.36. The SMILES string of the molecule is N#CC1(CCc2ccsc2)Cc2ccccc2C1. The Bertz CT molecular complexity index is 552. The summed E-state index contributed by atoms with van der Waals surface area (Å²) in [6.45, 7) is 0. The van der Waals surface area contributed by atoms with Gasteiger partial charge in [-0.3, -0.25) is 0 Å². The van der Waals surface area contributed by atoms with Gasteiger partial charge in [-0.15, -0.1) is 0 Å². The van der Waals surface area contributed by atoms with Crippen molar-refractivity contribution >= 4 is 11.3 Å². The maximum Gasteiger partial charge on any atom is 0.0696 e. The van der Waals surface area contributed by atoms with Crippen LogP contribution in [0.4, 0.5) is 0 Å². The molecule has 18 heavy (non-hydrogen) atoms. The second-order valence-corrected chi connectivity index (χ2v) is 5.93. The van der Waals surface area contributed by atoms with Crippen molar-refractivity contribution in [3.8, 4) is 6.07 Å². The Kier molecular flexibility index (Phi) is 2.93. The van der Waals surface area contributed by atoms with Crippen LogP contribution in [0.15, 0.2) is 41.1 Å². The van der Waals surface area contributed by atoms with Crippen LogP contribution in [0.5, 0.6) is 0 Å². The van der Waals surface area contributed by atoms with Gasteiger partial charge in [0.2, 0.25) is 0 Å². The molecule has 0 saturated carbocycles. The van der Waals surface area contributed by atoms with Crippen molar-refractivity contribution in [1.82, 2.24) is 0 Å². The summed E-state index contributed by atoms with van der Waals surface area (Å²) in [5, 5.41) is 13.9. The van der Waals surface area contributed by atoms with Crippen LogP contribution in [0.25, 0.3) is 0 Å². The van der Waals surface area contributed by atoms with E-state index in [9.17, 15) is 5.26 Å². The van der Waals surface area contributed by atoms with Crippen molar-refractivity contribution in [3.63, 3.8) is 0 Å². The molecular weight excluding hydrogens is 238 g/mol. The summed E-state index contributed by atoms with van der Waals surface area (Å²) in [7, 11) is 0. The van der Waals surface area contributed by atoms with Crippen LogP contribution < -0.4 is 0 Å². The number of hydrogen-bond donors (Lipinski definition) is 0. The van der Waals surface area contributed by atoms with Gasteiger partial charge < -0.3 is 0 Å². The number of thiophene rings is 1. The average molecular weight is 253 g/mol. The fraction of sp³-hybridized carbons (Fsp3) is 0.312.